The molecule has 0 aliphatic carbocycles. The number of fused-ring (bicyclic) bond motifs is 1. The Kier molecular flexibility index (Phi) is 4.75. The van der Waals surface area contributed by atoms with Crippen molar-refractivity contribution in [3.05, 3.63) is 48.3 Å². The molecule has 0 amide bonds. The van der Waals surface area contributed by atoms with Gasteiger partial charge in [-0.15, -0.1) is 0 Å². The Bertz CT molecular complexity index is 721. The van der Waals surface area contributed by atoms with Crippen LogP contribution in [0, 0.1) is 0 Å². The molecule has 0 aliphatic rings. The summed E-state index contributed by atoms with van der Waals surface area (Å²) in [6.45, 7) is 5.20. The van der Waals surface area contributed by atoms with Gasteiger partial charge in [-0.2, -0.15) is 0 Å². The molecule has 3 nitrogen and oxygen atoms in total. The zero-order valence-corrected chi connectivity index (χ0v) is 13.8. The Morgan fingerprint density at radius 1 is 1.20 bits per heavy atom. The van der Waals surface area contributed by atoms with Crippen molar-refractivity contribution in [2.75, 3.05) is 0 Å². The Hall–Kier alpha value is -1.43. The molecule has 3 rings (SSSR count). The second kappa shape index (κ2) is 6.35. The first-order valence-corrected chi connectivity index (χ1v) is 6.69. The van der Waals surface area contributed by atoms with Crippen molar-refractivity contribution in [2.45, 2.75) is 26.8 Å². The van der Waals surface area contributed by atoms with Crippen LogP contribution in [0.1, 0.15) is 19.4 Å². The maximum Gasteiger partial charge on any atom is 0.233 e. The van der Waals surface area contributed by atoms with Gasteiger partial charge in [0.1, 0.15) is 17.6 Å². The number of oxazole rings is 1. The predicted octanol–water partition coefficient (Wildman–Crippen LogP) is 0.369. The van der Waals surface area contributed by atoms with Gasteiger partial charge in [0.15, 0.2) is 18.0 Å². The van der Waals surface area contributed by atoms with Crippen molar-refractivity contribution in [3.8, 4) is 11.5 Å². The van der Waals surface area contributed by atoms with E-state index >= 15 is 0 Å². The molecular weight excluding hydrogens is 363 g/mol. The summed E-state index contributed by atoms with van der Waals surface area (Å²) in [4.78, 5) is 4.59. The molecule has 0 aliphatic heterocycles. The van der Waals surface area contributed by atoms with Crippen molar-refractivity contribution in [3.63, 3.8) is 0 Å². The number of hydrogen-bond acceptors (Lipinski definition) is 2. The van der Waals surface area contributed by atoms with Crippen LogP contribution in [0.4, 0.5) is 0 Å². The molecule has 20 heavy (non-hydrogen) atoms. The van der Waals surface area contributed by atoms with E-state index < -0.39 is 0 Å². The van der Waals surface area contributed by atoms with Gasteiger partial charge in [0.25, 0.3) is 0 Å². The monoisotopic (exact) mass is 380 g/mol. The van der Waals surface area contributed by atoms with E-state index in [0.717, 1.165) is 29.6 Å². The molecule has 4 heteroatoms. The second-order valence-corrected chi connectivity index (χ2v) is 4.60. The van der Waals surface area contributed by atoms with Crippen LogP contribution in [0.25, 0.3) is 22.6 Å². The lowest BCUT2D eigenvalue weighted by molar-refractivity contribution is -0.693. The van der Waals surface area contributed by atoms with E-state index in [1.54, 1.807) is 0 Å². The maximum absolute atomic E-state index is 5.83. The standard InChI is InChI=1S/C16H17N2O.HI/c1-3-12-7-8-15-14(10-12)17-16(19-15)13-6-5-9-18(4-2)11-13;/h5-11H,3-4H2,1-2H3;1H/q+1;/p-1. The zero-order chi connectivity index (χ0) is 13.2. The van der Waals surface area contributed by atoms with E-state index in [-0.39, 0.29) is 24.0 Å². The normalized spacial score (nSPS) is 10.5. The van der Waals surface area contributed by atoms with E-state index in [9.17, 15) is 0 Å². The third-order valence-corrected chi connectivity index (χ3v) is 3.33. The minimum Gasteiger partial charge on any atom is -1.00 e. The third kappa shape index (κ3) is 2.85. The summed E-state index contributed by atoms with van der Waals surface area (Å²) in [5.41, 5.74) is 4.07. The molecule has 0 saturated heterocycles. The fraction of sp³-hybridized carbons (Fsp3) is 0.250. The molecule has 1 aromatic carbocycles. The van der Waals surface area contributed by atoms with E-state index in [2.05, 4.69) is 41.7 Å². The summed E-state index contributed by atoms with van der Waals surface area (Å²) >= 11 is 0. The van der Waals surface area contributed by atoms with Crippen LogP contribution < -0.4 is 28.5 Å². The number of rotatable bonds is 3. The summed E-state index contributed by atoms with van der Waals surface area (Å²) in [5, 5.41) is 0. The smallest absolute Gasteiger partial charge is 0.233 e. The van der Waals surface area contributed by atoms with Crippen molar-refractivity contribution < 1.29 is 33.0 Å². The van der Waals surface area contributed by atoms with Gasteiger partial charge in [0.2, 0.25) is 5.89 Å². The molecule has 0 N–H and O–H groups in total. The summed E-state index contributed by atoms with van der Waals surface area (Å²) in [5.74, 6) is 0.686. The van der Waals surface area contributed by atoms with Gasteiger partial charge in [-0.05, 0) is 37.1 Å². The van der Waals surface area contributed by atoms with Crippen LogP contribution >= 0.6 is 0 Å². The van der Waals surface area contributed by atoms with Crippen molar-refractivity contribution in [1.29, 1.82) is 0 Å². The molecule has 0 atom stereocenters. The van der Waals surface area contributed by atoms with Gasteiger partial charge in [-0.1, -0.05) is 13.0 Å². The topological polar surface area (TPSA) is 29.9 Å². The van der Waals surface area contributed by atoms with Crippen LogP contribution in [-0.2, 0) is 13.0 Å². The molecule has 2 aromatic heterocycles. The Labute approximate surface area is 135 Å². The lowest BCUT2D eigenvalue weighted by Crippen LogP contribution is -3.00. The largest absolute Gasteiger partial charge is 1.00 e. The van der Waals surface area contributed by atoms with E-state index in [0.29, 0.717) is 5.89 Å². The number of halogens is 1. The summed E-state index contributed by atoms with van der Waals surface area (Å²) in [7, 11) is 0. The fourth-order valence-electron chi connectivity index (χ4n) is 2.16. The first-order valence-electron chi connectivity index (χ1n) is 6.69. The van der Waals surface area contributed by atoms with Gasteiger partial charge in [-0.25, -0.2) is 9.55 Å². The molecule has 0 bridgehead atoms. The molecule has 2 heterocycles. The molecular formula is C16H17IN2O. The van der Waals surface area contributed by atoms with Crippen molar-refractivity contribution >= 4 is 11.1 Å². The average Bonchev–Trinajstić information content (AvgIpc) is 2.90. The highest BCUT2D eigenvalue weighted by Gasteiger charge is 2.11. The molecule has 0 saturated carbocycles. The first-order chi connectivity index (χ1) is 9.30. The third-order valence-electron chi connectivity index (χ3n) is 3.33. The highest BCUT2D eigenvalue weighted by molar-refractivity contribution is 5.76. The van der Waals surface area contributed by atoms with Crippen molar-refractivity contribution in [2.24, 2.45) is 0 Å². The summed E-state index contributed by atoms with van der Waals surface area (Å²) < 4.78 is 7.94. The van der Waals surface area contributed by atoms with Gasteiger partial charge in [0.05, 0.1) is 0 Å². The van der Waals surface area contributed by atoms with Gasteiger partial charge in [-0.3, -0.25) is 0 Å². The van der Waals surface area contributed by atoms with Crippen molar-refractivity contribution in [1.82, 2.24) is 4.98 Å². The number of aryl methyl sites for hydroxylation is 2. The predicted molar refractivity (Wildman–Crippen MR) is 74.7 cm³/mol. The van der Waals surface area contributed by atoms with E-state index in [1.165, 1.54) is 5.56 Å². The summed E-state index contributed by atoms with van der Waals surface area (Å²) in [6.07, 6.45) is 5.12. The van der Waals surface area contributed by atoms with Gasteiger partial charge in [0, 0.05) is 6.07 Å². The number of benzene rings is 1. The maximum atomic E-state index is 5.83. The van der Waals surface area contributed by atoms with Crippen LogP contribution in [-0.4, -0.2) is 4.98 Å². The zero-order valence-electron chi connectivity index (χ0n) is 11.6. The second-order valence-electron chi connectivity index (χ2n) is 4.60. The number of nitrogens with zero attached hydrogens (tertiary/aromatic N) is 2. The molecule has 0 fully saturated rings. The fourth-order valence-corrected chi connectivity index (χ4v) is 2.16. The molecule has 104 valence electrons. The Morgan fingerprint density at radius 2 is 2.05 bits per heavy atom. The Morgan fingerprint density at radius 3 is 2.80 bits per heavy atom. The highest BCUT2D eigenvalue weighted by atomic mass is 127. The minimum atomic E-state index is 0. The molecule has 0 unspecified atom stereocenters. The van der Waals surface area contributed by atoms with Crippen LogP contribution in [0.2, 0.25) is 0 Å². The first kappa shape index (κ1) is 15.0. The lowest BCUT2D eigenvalue weighted by Gasteiger charge is -1.94. The highest BCUT2D eigenvalue weighted by Crippen LogP contribution is 2.24. The SMILES string of the molecule is CCc1ccc2oc(-c3ccc[n+](CC)c3)nc2c1.[I-]. The number of pyridine rings is 1. The average molecular weight is 380 g/mol. The van der Waals surface area contributed by atoms with Crippen LogP contribution in [0.3, 0.4) is 0 Å². The molecule has 0 spiro atoms. The quantitative estimate of drug-likeness (QED) is 0.486. The molecule has 0 radical (unpaired) electrons. The van der Waals surface area contributed by atoms with Gasteiger partial charge < -0.3 is 28.4 Å². The number of hydrogen-bond donors (Lipinski definition) is 0. The number of aromatic nitrogens is 2. The van der Waals surface area contributed by atoms with Crippen LogP contribution in [0.5, 0.6) is 0 Å². The Balaban J connectivity index is 0.00000147. The molecule has 3 aromatic rings. The van der Waals surface area contributed by atoms with E-state index in [4.69, 9.17) is 4.42 Å². The summed E-state index contributed by atoms with van der Waals surface area (Å²) in [6, 6.07) is 10.2. The lowest BCUT2D eigenvalue weighted by atomic mass is 10.1. The van der Waals surface area contributed by atoms with Gasteiger partial charge >= 0.3 is 0 Å². The minimum absolute atomic E-state index is 0. The van der Waals surface area contributed by atoms with Crippen LogP contribution in [0.15, 0.2) is 47.1 Å². The van der Waals surface area contributed by atoms with E-state index in [1.807, 2.05) is 24.4 Å².